The molecule has 0 amide bonds. The van der Waals surface area contributed by atoms with Crippen molar-refractivity contribution in [2.75, 3.05) is 47.9 Å². The maximum atomic E-state index is 2.63. The van der Waals surface area contributed by atoms with Crippen LogP contribution in [-0.4, -0.2) is 33.2 Å². The Morgan fingerprint density at radius 1 is 0.464 bits per heavy atom. The zero-order chi connectivity index (χ0) is 37.5. The van der Waals surface area contributed by atoms with Gasteiger partial charge < -0.3 is 14.7 Å². The molecule has 7 aromatic carbocycles. The van der Waals surface area contributed by atoms with Gasteiger partial charge in [-0.3, -0.25) is 0 Å². The van der Waals surface area contributed by atoms with Crippen molar-refractivity contribution in [2.45, 2.75) is 67.6 Å². The van der Waals surface area contributed by atoms with Gasteiger partial charge in [-0.2, -0.15) is 0 Å². The number of piperidine rings is 2. The van der Waals surface area contributed by atoms with Gasteiger partial charge in [-0.1, -0.05) is 92.3 Å². The molecule has 7 aromatic rings. The first kappa shape index (κ1) is 34.1. The lowest BCUT2D eigenvalue weighted by Gasteiger charge is -2.31. The first-order valence-corrected chi connectivity index (χ1v) is 21.7. The molecule has 0 radical (unpaired) electrons. The lowest BCUT2D eigenvalue weighted by molar-refractivity contribution is 0.578. The highest BCUT2D eigenvalue weighted by Gasteiger charge is 2.35. The Morgan fingerprint density at radius 3 is 1.70 bits per heavy atom. The molecular weight excluding hydrogens is 699 g/mol. The fraction of sp³-hybridized carbons (Fsp3) is 0.269. The van der Waals surface area contributed by atoms with Crippen molar-refractivity contribution >= 4 is 56.1 Å². The fourth-order valence-electron chi connectivity index (χ4n) is 10.5. The molecule has 3 nitrogen and oxygen atoms in total. The minimum absolute atomic E-state index is 0.0698. The van der Waals surface area contributed by atoms with Gasteiger partial charge in [0, 0.05) is 59.8 Å². The van der Waals surface area contributed by atoms with Crippen LogP contribution >= 0.6 is 11.8 Å². The van der Waals surface area contributed by atoms with Gasteiger partial charge in [0.25, 0.3) is 0 Å². The second kappa shape index (κ2) is 13.2. The van der Waals surface area contributed by atoms with Crippen LogP contribution in [0.2, 0.25) is 0 Å². The number of anilines is 4. The van der Waals surface area contributed by atoms with Gasteiger partial charge in [0.2, 0.25) is 0 Å². The van der Waals surface area contributed by atoms with E-state index in [0.717, 1.165) is 26.2 Å². The third-order valence-electron chi connectivity index (χ3n) is 13.5. The quantitative estimate of drug-likeness (QED) is 0.166. The van der Waals surface area contributed by atoms with Gasteiger partial charge in [-0.15, -0.1) is 0 Å². The maximum absolute atomic E-state index is 2.63. The number of hydrogen-bond donors (Lipinski definition) is 0. The van der Waals surface area contributed by atoms with E-state index < -0.39 is 0 Å². The Hall–Kier alpha value is -5.19. The standard InChI is InChI=1S/C52H49N3S/c1-52(2)44-15-7-6-14-38(44)39-22-18-34(30-45(39)52)50-40-23-20-37(55-28-12-5-13-29-55)33-43(40)51(41-24-21-36(32-42(41)50)54-26-10-4-11-27-54)35-19-25-49-47(31-35)53(3)46-16-8-9-17-48(46)56-49/h6-9,14-25,30-33H,4-5,10-13,26-29H2,1-3H3. The van der Waals surface area contributed by atoms with Crippen LogP contribution in [0.4, 0.5) is 22.7 Å². The van der Waals surface area contributed by atoms with Crippen LogP contribution in [0.1, 0.15) is 63.5 Å². The molecule has 0 spiro atoms. The number of nitrogens with zero attached hydrogens (tertiary/aromatic N) is 3. The summed E-state index contributed by atoms with van der Waals surface area (Å²) in [5, 5.41) is 5.36. The summed E-state index contributed by atoms with van der Waals surface area (Å²) in [5.74, 6) is 0. The average Bonchev–Trinajstić information content (AvgIpc) is 3.48. The first-order chi connectivity index (χ1) is 27.4. The zero-order valence-corrected chi connectivity index (χ0v) is 33.7. The molecule has 0 atom stereocenters. The highest BCUT2D eigenvalue weighted by Crippen LogP contribution is 2.53. The minimum atomic E-state index is -0.0698. The molecule has 0 N–H and O–H groups in total. The molecule has 3 heterocycles. The number of fused-ring (bicyclic) bond motifs is 7. The third-order valence-corrected chi connectivity index (χ3v) is 14.6. The second-order valence-electron chi connectivity index (χ2n) is 17.0. The van der Waals surface area contributed by atoms with Crippen molar-refractivity contribution in [3.63, 3.8) is 0 Å². The normalized spacial score (nSPS) is 17.2. The number of rotatable bonds is 4. The van der Waals surface area contributed by atoms with Gasteiger partial charge in [0.1, 0.15) is 0 Å². The van der Waals surface area contributed by atoms with Crippen LogP contribution in [0.25, 0.3) is 54.9 Å². The lowest BCUT2D eigenvalue weighted by Crippen LogP contribution is -2.29. The van der Waals surface area contributed by atoms with E-state index in [9.17, 15) is 0 Å². The van der Waals surface area contributed by atoms with Crippen LogP contribution in [0.15, 0.2) is 131 Å². The SMILES string of the molecule is CN1c2ccccc2Sc2ccc(-c3c4ccc(N5CCCCC5)cc4c(-c4ccc5c(c4)C(C)(C)c4ccccc4-5)c4ccc(N5CCCCC5)cc34)cc21. The molecule has 0 saturated carbocycles. The van der Waals surface area contributed by atoms with Crippen LogP contribution in [0, 0.1) is 0 Å². The van der Waals surface area contributed by atoms with Crippen molar-refractivity contribution < 1.29 is 0 Å². The number of hydrogen-bond acceptors (Lipinski definition) is 4. The van der Waals surface area contributed by atoms with Gasteiger partial charge in [0.15, 0.2) is 0 Å². The van der Waals surface area contributed by atoms with E-state index in [1.54, 1.807) is 0 Å². The second-order valence-corrected chi connectivity index (χ2v) is 18.1. The molecule has 278 valence electrons. The van der Waals surface area contributed by atoms with E-state index in [0.29, 0.717) is 0 Å². The van der Waals surface area contributed by atoms with E-state index in [-0.39, 0.29) is 5.41 Å². The molecule has 4 aliphatic rings. The van der Waals surface area contributed by atoms with Gasteiger partial charge >= 0.3 is 0 Å². The van der Waals surface area contributed by atoms with Gasteiger partial charge in [0.05, 0.1) is 11.4 Å². The van der Waals surface area contributed by atoms with E-state index in [2.05, 4.69) is 157 Å². The van der Waals surface area contributed by atoms with E-state index in [1.807, 2.05) is 11.8 Å². The molecule has 3 aliphatic heterocycles. The monoisotopic (exact) mass is 747 g/mol. The topological polar surface area (TPSA) is 9.72 Å². The molecule has 1 aliphatic carbocycles. The summed E-state index contributed by atoms with van der Waals surface area (Å²) >= 11 is 1.89. The zero-order valence-electron chi connectivity index (χ0n) is 32.9. The molecule has 0 unspecified atom stereocenters. The van der Waals surface area contributed by atoms with Crippen molar-refractivity contribution in [3.8, 4) is 33.4 Å². The van der Waals surface area contributed by atoms with Gasteiger partial charge in [-0.25, -0.2) is 0 Å². The third kappa shape index (κ3) is 5.32. The lowest BCUT2D eigenvalue weighted by atomic mass is 9.80. The molecule has 56 heavy (non-hydrogen) atoms. The minimum Gasteiger partial charge on any atom is -0.372 e. The Bertz CT molecular complexity index is 2700. The predicted molar refractivity (Wildman–Crippen MR) is 241 cm³/mol. The molecule has 0 aromatic heterocycles. The van der Waals surface area contributed by atoms with Crippen LogP contribution in [0.3, 0.4) is 0 Å². The van der Waals surface area contributed by atoms with Crippen LogP contribution < -0.4 is 14.7 Å². The van der Waals surface area contributed by atoms with Crippen LogP contribution in [-0.2, 0) is 5.41 Å². The maximum Gasteiger partial charge on any atom is 0.0556 e. The molecule has 2 saturated heterocycles. The number of benzene rings is 7. The highest BCUT2D eigenvalue weighted by molar-refractivity contribution is 7.99. The molecule has 0 bridgehead atoms. The molecule has 4 heteroatoms. The van der Waals surface area contributed by atoms with Crippen molar-refractivity contribution in [1.82, 2.24) is 0 Å². The number of para-hydroxylation sites is 1. The van der Waals surface area contributed by atoms with Crippen molar-refractivity contribution in [2.24, 2.45) is 0 Å². The summed E-state index contributed by atoms with van der Waals surface area (Å²) in [5.41, 5.74) is 16.1. The van der Waals surface area contributed by atoms with E-state index in [4.69, 9.17) is 0 Å². The summed E-state index contributed by atoms with van der Waals surface area (Å²) in [4.78, 5) is 10.3. The summed E-state index contributed by atoms with van der Waals surface area (Å²) in [6.07, 6.45) is 7.69. The predicted octanol–water partition coefficient (Wildman–Crippen LogP) is 13.8. The average molecular weight is 748 g/mol. The fourth-order valence-corrected chi connectivity index (χ4v) is 11.6. The van der Waals surface area contributed by atoms with E-state index >= 15 is 0 Å². The van der Waals surface area contributed by atoms with E-state index in [1.165, 1.54) is 137 Å². The highest BCUT2D eigenvalue weighted by atomic mass is 32.2. The Kier molecular flexibility index (Phi) is 8.04. The van der Waals surface area contributed by atoms with Gasteiger partial charge in [-0.05, 0) is 159 Å². The largest absolute Gasteiger partial charge is 0.372 e. The summed E-state index contributed by atoms with van der Waals surface area (Å²) in [7, 11) is 2.23. The Labute approximate surface area is 336 Å². The van der Waals surface area contributed by atoms with Crippen LogP contribution in [0.5, 0.6) is 0 Å². The molecule has 11 rings (SSSR count). The molecule has 2 fully saturated rings. The first-order valence-electron chi connectivity index (χ1n) is 20.9. The summed E-state index contributed by atoms with van der Waals surface area (Å²) in [6.45, 7) is 9.32. The Balaban J connectivity index is 1.19. The smallest absolute Gasteiger partial charge is 0.0556 e. The summed E-state index contributed by atoms with van der Waals surface area (Å²) in [6, 6.07) is 47.3. The van der Waals surface area contributed by atoms with Crippen molar-refractivity contribution in [1.29, 1.82) is 0 Å². The molecular formula is C52H49N3S. The van der Waals surface area contributed by atoms with Crippen molar-refractivity contribution in [3.05, 3.63) is 132 Å². The summed E-state index contributed by atoms with van der Waals surface area (Å²) < 4.78 is 0. The Morgan fingerprint density at radius 2 is 1.02 bits per heavy atom.